The molecule has 0 saturated carbocycles. The lowest BCUT2D eigenvalue weighted by Crippen LogP contribution is -2.40. The van der Waals surface area contributed by atoms with Gasteiger partial charge in [-0.2, -0.15) is 13.2 Å². The van der Waals surface area contributed by atoms with Crippen molar-refractivity contribution >= 4 is 11.6 Å². The molecule has 18 heavy (non-hydrogen) atoms. The van der Waals surface area contributed by atoms with Gasteiger partial charge in [-0.05, 0) is 11.6 Å². The summed E-state index contributed by atoms with van der Waals surface area (Å²) in [5.74, 6) is -0.187. The van der Waals surface area contributed by atoms with E-state index < -0.39 is 18.8 Å². The fourth-order valence-electron chi connectivity index (χ4n) is 2.06. The average molecular weight is 258 g/mol. The monoisotopic (exact) mass is 258 g/mol. The van der Waals surface area contributed by atoms with Crippen LogP contribution in [-0.2, 0) is 4.79 Å². The van der Waals surface area contributed by atoms with Gasteiger partial charge in [-0.25, -0.2) is 0 Å². The normalized spacial score (nSPS) is 19.9. The molecule has 1 aromatic carbocycles. The Bertz CT molecular complexity index is 459. The van der Waals surface area contributed by atoms with Crippen molar-refractivity contribution in [3.8, 4) is 0 Å². The molecule has 1 unspecified atom stereocenters. The van der Waals surface area contributed by atoms with Gasteiger partial charge < -0.3 is 10.2 Å². The van der Waals surface area contributed by atoms with Crippen LogP contribution in [0.2, 0.25) is 0 Å². The summed E-state index contributed by atoms with van der Waals surface area (Å²) in [6, 6.07) is 6.41. The zero-order valence-corrected chi connectivity index (χ0v) is 9.79. The Morgan fingerprint density at radius 3 is 2.72 bits per heavy atom. The maximum Gasteiger partial charge on any atom is 0.401 e. The third kappa shape index (κ3) is 2.64. The van der Waals surface area contributed by atoms with Crippen molar-refractivity contribution in [3.05, 3.63) is 29.8 Å². The molecule has 0 saturated heterocycles. The predicted octanol–water partition coefficient (Wildman–Crippen LogP) is 2.25. The Balaban J connectivity index is 2.22. The van der Waals surface area contributed by atoms with Gasteiger partial charge in [-0.15, -0.1) is 0 Å². The number of nitrogens with one attached hydrogen (secondary N) is 1. The van der Waals surface area contributed by atoms with E-state index in [-0.39, 0.29) is 12.3 Å². The van der Waals surface area contributed by atoms with Crippen molar-refractivity contribution in [2.75, 3.05) is 18.5 Å². The molecule has 1 aliphatic rings. The Labute approximate surface area is 103 Å². The molecule has 0 aromatic heterocycles. The quantitative estimate of drug-likeness (QED) is 0.882. The standard InChI is InChI=1S/C12H13F3N2O/c1-17-10-5-3-2-4-8(10)9(6-11(17)18)16-7-12(13,14)15/h2-5,9,16H,6-7H2,1H3. The number of carbonyl (C=O) groups is 1. The lowest BCUT2D eigenvalue weighted by molar-refractivity contribution is -0.129. The molecule has 2 rings (SSSR count). The Morgan fingerprint density at radius 1 is 1.39 bits per heavy atom. The van der Waals surface area contributed by atoms with E-state index in [1.165, 1.54) is 4.90 Å². The first-order valence-electron chi connectivity index (χ1n) is 5.54. The lowest BCUT2D eigenvalue weighted by Gasteiger charge is -2.32. The van der Waals surface area contributed by atoms with Crippen molar-refractivity contribution in [1.29, 1.82) is 0 Å². The number of nitrogens with zero attached hydrogens (tertiary/aromatic N) is 1. The lowest BCUT2D eigenvalue weighted by atomic mass is 9.96. The van der Waals surface area contributed by atoms with E-state index in [0.717, 1.165) is 5.56 Å². The fourth-order valence-corrected chi connectivity index (χ4v) is 2.06. The predicted molar refractivity (Wildman–Crippen MR) is 61.3 cm³/mol. The highest BCUT2D eigenvalue weighted by Gasteiger charge is 2.33. The van der Waals surface area contributed by atoms with E-state index in [1.54, 1.807) is 31.3 Å². The van der Waals surface area contributed by atoms with Gasteiger partial charge in [-0.1, -0.05) is 18.2 Å². The van der Waals surface area contributed by atoms with Crippen LogP contribution in [0.4, 0.5) is 18.9 Å². The SMILES string of the molecule is CN1C(=O)CC(NCC(F)(F)F)c2ccccc21. The van der Waals surface area contributed by atoms with Crippen LogP contribution in [0.1, 0.15) is 18.0 Å². The number of amides is 1. The molecule has 98 valence electrons. The van der Waals surface area contributed by atoms with Gasteiger partial charge in [0.05, 0.1) is 6.54 Å². The summed E-state index contributed by atoms with van der Waals surface area (Å²) >= 11 is 0. The third-order valence-corrected chi connectivity index (χ3v) is 2.98. The first-order valence-corrected chi connectivity index (χ1v) is 5.54. The van der Waals surface area contributed by atoms with E-state index in [2.05, 4.69) is 5.32 Å². The first kappa shape index (κ1) is 12.9. The number of benzene rings is 1. The molecule has 1 heterocycles. The summed E-state index contributed by atoms with van der Waals surface area (Å²) in [4.78, 5) is 13.2. The minimum absolute atomic E-state index is 0.0452. The largest absolute Gasteiger partial charge is 0.401 e. The number of carbonyl (C=O) groups excluding carboxylic acids is 1. The molecule has 1 N–H and O–H groups in total. The first-order chi connectivity index (χ1) is 8.38. The fraction of sp³-hybridized carbons (Fsp3) is 0.417. The summed E-state index contributed by atoms with van der Waals surface area (Å²) < 4.78 is 36.6. The number of fused-ring (bicyclic) bond motifs is 1. The number of alkyl halides is 3. The van der Waals surface area contributed by atoms with Crippen molar-refractivity contribution in [2.45, 2.75) is 18.6 Å². The van der Waals surface area contributed by atoms with Gasteiger partial charge in [0, 0.05) is 25.2 Å². The van der Waals surface area contributed by atoms with Crippen LogP contribution in [-0.4, -0.2) is 25.7 Å². The second-order valence-electron chi connectivity index (χ2n) is 4.26. The highest BCUT2D eigenvalue weighted by molar-refractivity contribution is 5.96. The summed E-state index contributed by atoms with van der Waals surface area (Å²) in [5, 5.41) is 2.40. The van der Waals surface area contributed by atoms with Crippen LogP contribution in [0.25, 0.3) is 0 Å². The topological polar surface area (TPSA) is 32.3 Å². The number of hydrogen-bond acceptors (Lipinski definition) is 2. The molecule has 1 atom stereocenters. The van der Waals surface area contributed by atoms with Gasteiger partial charge >= 0.3 is 6.18 Å². The maximum atomic E-state index is 12.2. The molecular weight excluding hydrogens is 245 g/mol. The smallest absolute Gasteiger partial charge is 0.315 e. The van der Waals surface area contributed by atoms with Crippen LogP contribution in [0.5, 0.6) is 0 Å². The molecule has 0 spiro atoms. The molecular formula is C12H13F3N2O. The summed E-state index contributed by atoms with van der Waals surface area (Å²) in [5.41, 5.74) is 1.39. The van der Waals surface area contributed by atoms with Crippen LogP contribution in [0.15, 0.2) is 24.3 Å². The van der Waals surface area contributed by atoms with Crippen LogP contribution < -0.4 is 10.2 Å². The number of para-hydroxylation sites is 1. The zero-order chi connectivity index (χ0) is 13.3. The van der Waals surface area contributed by atoms with E-state index in [4.69, 9.17) is 0 Å². The third-order valence-electron chi connectivity index (χ3n) is 2.98. The highest BCUT2D eigenvalue weighted by atomic mass is 19.4. The average Bonchev–Trinajstić information content (AvgIpc) is 2.31. The summed E-state index contributed by atoms with van der Waals surface area (Å²) in [6.45, 7) is -1.09. The summed E-state index contributed by atoms with van der Waals surface area (Å²) in [6.07, 6.45) is -4.23. The van der Waals surface area contributed by atoms with Crippen LogP contribution in [0, 0.1) is 0 Å². The zero-order valence-electron chi connectivity index (χ0n) is 9.79. The molecule has 6 heteroatoms. The van der Waals surface area contributed by atoms with Crippen molar-refractivity contribution < 1.29 is 18.0 Å². The number of hydrogen-bond donors (Lipinski definition) is 1. The Morgan fingerprint density at radius 2 is 2.06 bits per heavy atom. The molecule has 1 amide bonds. The second-order valence-corrected chi connectivity index (χ2v) is 4.26. The molecule has 0 fully saturated rings. The molecule has 1 aliphatic heterocycles. The van der Waals surface area contributed by atoms with Gasteiger partial charge in [0.25, 0.3) is 0 Å². The minimum Gasteiger partial charge on any atom is -0.315 e. The molecule has 0 radical (unpaired) electrons. The molecule has 0 bridgehead atoms. The van der Waals surface area contributed by atoms with Crippen molar-refractivity contribution in [2.24, 2.45) is 0 Å². The van der Waals surface area contributed by atoms with Crippen LogP contribution >= 0.6 is 0 Å². The minimum atomic E-state index is -4.28. The molecule has 1 aromatic rings. The van der Waals surface area contributed by atoms with E-state index >= 15 is 0 Å². The van der Waals surface area contributed by atoms with Gasteiger partial charge in [0.2, 0.25) is 5.91 Å². The number of rotatable bonds is 2. The van der Waals surface area contributed by atoms with E-state index in [0.29, 0.717) is 5.69 Å². The molecule has 3 nitrogen and oxygen atoms in total. The highest BCUT2D eigenvalue weighted by Crippen LogP contribution is 2.33. The van der Waals surface area contributed by atoms with Gasteiger partial charge in [0.1, 0.15) is 0 Å². The van der Waals surface area contributed by atoms with Crippen LogP contribution in [0.3, 0.4) is 0 Å². The van der Waals surface area contributed by atoms with Gasteiger partial charge in [-0.3, -0.25) is 4.79 Å². The number of halogens is 3. The van der Waals surface area contributed by atoms with Crippen molar-refractivity contribution in [3.63, 3.8) is 0 Å². The van der Waals surface area contributed by atoms with E-state index in [1.807, 2.05) is 0 Å². The van der Waals surface area contributed by atoms with Gasteiger partial charge in [0.15, 0.2) is 0 Å². The maximum absolute atomic E-state index is 12.2. The van der Waals surface area contributed by atoms with E-state index in [9.17, 15) is 18.0 Å². The Kier molecular flexibility index (Phi) is 3.30. The van der Waals surface area contributed by atoms with Crippen molar-refractivity contribution in [1.82, 2.24) is 5.32 Å². The number of anilines is 1. The summed E-state index contributed by atoms with van der Waals surface area (Å²) in [7, 11) is 1.63. The molecule has 0 aliphatic carbocycles. The second kappa shape index (κ2) is 4.61. The Hall–Kier alpha value is -1.56.